The van der Waals surface area contributed by atoms with Gasteiger partial charge in [-0.2, -0.15) is 0 Å². The average Bonchev–Trinajstić information content (AvgIpc) is 3.14. The van der Waals surface area contributed by atoms with E-state index in [4.69, 9.17) is 4.74 Å². The fourth-order valence-electron chi connectivity index (χ4n) is 3.72. The van der Waals surface area contributed by atoms with Crippen molar-refractivity contribution in [3.63, 3.8) is 0 Å². The van der Waals surface area contributed by atoms with Crippen molar-refractivity contribution in [2.45, 2.75) is 39.4 Å². The summed E-state index contributed by atoms with van der Waals surface area (Å²) >= 11 is 1.71. The normalized spacial score (nSPS) is 19.0. The lowest BCUT2D eigenvalue weighted by atomic mass is 10.00. The topological polar surface area (TPSA) is 48.8 Å². The molecule has 1 fully saturated rings. The number of aliphatic hydroxyl groups is 1. The number of benzene rings is 1. The number of aromatic nitrogens is 1. The van der Waals surface area contributed by atoms with Gasteiger partial charge in [-0.25, -0.2) is 4.98 Å². The van der Waals surface area contributed by atoms with Gasteiger partial charge in [-0.15, -0.1) is 11.3 Å². The molecule has 1 unspecified atom stereocenters. The third-order valence-corrected chi connectivity index (χ3v) is 6.20. The van der Waals surface area contributed by atoms with Gasteiger partial charge in [-0.3, -0.25) is 9.80 Å². The molecule has 0 bridgehead atoms. The molecule has 6 heteroatoms. The Bertz CT molecular complexity index is 705. The quantitative estimate of drug-likeness (QED) is 0.806. The molecule has 0 spiro atoms. The molecule has 5 nitrogen and oxygen atoms in total. The Kier molecular flexibility index (Phi) is 6.64. The zero-order valence-corrected chi connectivity index (χ0v) is 16.8. The number of ether oxygens (including phenoxy) is 1. The number of hydrogen-bond donors (Lipinski definition) is 1. The number of hydrogen-bond acceptors (Lipinski definition) is 6. The molecular formula is C20H29N3O2S. The fraction of sp³-hybridized carbons (Fsp3) is 0.550. The van der Waals surface area contributed by atoms with Crippen LogP contribution < -0.4 is 4.74 Å². The third kappa shape index (κ3) is 4.43. The van der Waals surface area contributed by atoms with E-state index in [1.54, 1.807) is 18.4 Å². The lowest BCUT2D eigenvalue weighted by Gasteiger charge is -2.41. The molecule has 0 saturated carbocycles. The summed E-state index contributed by atoms with van der Waals surface area (Å²) < 4.78 is 5.44. The summed E-state index contributed by atoms with van der Waals surface area (Å²) in [6.45, 7) is 9.39. The van der Waals surface area contributed by atoms with E-state index in [9.17, 15) is 5.11 Å². The van der Waals surface area contributed by atoms with Crippen molar-refractivity contribution in [2.75, 3.05) is 33.4 Å². The molecule has 1 aliphatic heterocycles. The Morgan fingerprint density at radius 2 is 2.08 bits per heavy atom. The predicted octanol–water partition coefficient (Wildman–Crippen LogP) is 2.84. The second kappa shape index (κ2) is 8.95. The van der Waals surface area contributed by atoms with Gasteiger partial charge in [-0.05, 0) is 43.0 Å². The van der Waals surface area contributed by atoms with E-state index in [0.717, 1.165) is 44.9 Å². The first-order valence-electron chi connectivity index (χ1n) is 9.21. The first-order valence-corrected chi connectivity index (χ1v) is 10.1. The Hall–Kier alpha value is -1.47. The largest absolute Gasteiger partial charge is 0.496 e. The zero-order valence-electron chi connectivity index (χ0n) is 15.9. The molecule has 0 radical (unpaired) electrons. The first-order chi connectivity index (χ1) is 12.6. The minimum absolute atomic E-state index is 0.229. The molecule has 1 atom stereocenters. The van der Waals surface area contributed by atoms with Crippen molar-refractivity contribution in [3.8, 4) is 5.75 Å². The SMILES string of the molecule is COc1ccc(CN2CCN(Cc3nccs3)CC2CCO)c(C)c1C. The van der Waals surface area contributed by atoms with Gasteiger partial charge < -0.3 is 9.84 Å². The van der Waals surface area contributed by atoms with E-state index in [-0.39, 0.29) is 6.61 Å². The molecule has 1 aromatic heterocycles. The summed E-state index contributed by atoms with van der Waals surface area (Å²) in [5.41, 5.74) is 3.86. The molecule has 1 saturated heterocycles. The third-order valence-electron chi connectivity index (χ3n) is 5.44. The van der Waals surface area contributed by atoms with E-state index in [0.29, 0.717) is 6.04 Å². The summed E-state index contributed by atoms with van der Waals surface area (Å²) in [4.78, 5) is 9.38. The summed E-state index contributed by atoms with van der Waals surface area (Å²) in [6.07, 6.45) is 2.68. The highest BCUT2D eigenvalue weighted by Crippen LogP contribution is 2.26. The maximum absolute atomic E-state index is 9.54. The van der Waals surface area contributed by atoms with Crippen LogP contribution in [0.15, 0.2) is 23.7 Å². The molecule has 3 rings (SSSR count). The van der Waals surface area contributed by atoms with E-state index in [1.807, 2.05) is 11.6 Å². The second-order valence-electron chi connectivity index (χ2n) is 6.97. The van der Waals surface area contributed by atoms with Crippen LogP contribution in [0.1, 0.15) is 28.1 Å². The van der Waals surface area contributed by atoms with Gasteiger partial charge in [0.15, 0.2) is 0 Å². The number of methoxy groups -OCH3 is 1. The summed E-state index contributed by atoms with van der Waals surface area (Å²) in [7, 11) is 1.72. The molecule has 26 heavy (non-hydrogen) atoms. The molecule has 2 heterocycles. The molecule has 2 aromatic rings. The molecule has 1 N–H and O–H groups in total. The van der Waals surface area contributed by atoms with Crippen molar-refractivity contribution in [2.24, 2.45) is 0 Å². The van der Waals surface area contributed by atoms with Crippen molar-refractivity contribution in [1.29, 1.82) is 0 Å². The van der Waals surface area contributed by atoms with Crippen LogP contribution in [0.5, 0.6) is 5.75 Å². The van der Waals surface area contributed by atoms with Crippen LogP contribution >= 0.6 is 11.3 Å². The van der Waals surface area contributed by atoms with Crippen molar-refractivity contribution >= 4 is 11.3 Å². The molecule has 142 valence electrons. The van der Waals surface area contributed by atoms with Crippen molar-refractivity contribution in [1.82, 2.24) is 14.8 Å². The number of thiazole rings is 1. The fourth-order valence-corrected chi connectivity index (χ4v) is 4.37. The molecule has 1 aliphatic rings. The van der Waals surface area contributed by atoms with E-state index in [2.05, 4.69) is 40.8 Å². The number of rotatable bonds is 7. The lowest BCUT2D eigenvalue weighted by Crippen LogP contribution is -2.52. The maximum atomic E-state index is 9.54. The van der Waals surface area contributed by atoms with Crippen molar-refractivity contribution in [3.05, 3.63) is 45.4 Å². The molecule has 0 aliphatic carbocycles. The first kappa shape index (κ1) is 19.3. The average molecular weight is 376 g/mol. The Balaban J connectivity index is 1.68. The number of piperazine rings is 1. The van der Waals surface area contributed by atoms with Crippen molar-refractivity contribution < 1.29 is 9.84 Å². The molecular weight excluding hydrogens is 346 g/mol. The highest BCUT2D eigenvalue weighted by atomic mass is 32.1. The zero-order chi connectivity index (χ0) is 18.5. The van der Waals surface area contributed by atoms with Crippen LogP contribution in [-0.4, -0.2) is 59.3 Å². The van der Waals surface area contributed by atoms with Gasteiger partial charge in [0.05, 0.1) is 13.7 Å². The van der Waals surface area contributed by atoms with Gasteiger partial charge in [0.25, 0.3) is 0 Å². The van der Waals surface area contributed by atoms with Gasteiger partial charge in [0.1, 0.15) is 10.8 Å². The van der Waals surface area contributed by atoms with Gasteiger partial charge in [0.2, 0.25) is 0 Å². The standard InChI is InChI=1S/C20H29N3O2S/c1-15-16(2)19(25-3)5-4-17(15)12-23-9-8-22(13-18(23)6-10-24)14-20-21-7-11-26-20/h4-5,7,11,18,24H,6,8-10,12-14H2,1-3H3. The number of aliphatic hydroxyl groups excluding tert-OH is 1. The monoisotopic (exact) mass is 375 g/mol. The minimum Gasteiger partial charge on any atom is -0.496 e. The van der Waals surface area contributed by atoms with Crippen LogP contribution in [0.25, 0.3) is 0 Å². The van der Waals surface area contributed by atoms with E-state index in [1.165, 1.54) is 21.7 Å². The summed E-state index contributed by atoms with van der Waals surface area (Å²) in [6, 6.07) is 4.62. The summed E-state index contributed by atoms with van der Waals surface area (Å²) in [5, 5.41) is 12.7. The van der Waals surface area contributed by atoms with Gasteiger partial charge in [-0.1, -0.05) is 6.07 Å². The van der Waals surface area contributed by atoms with E-state index < -0.39 is 0 Å². The summed E-state index contributed by atoms with van der Waals surface area (Å²) in [5.74, 6) is 0.950. The van der Waals surface area contributed by atoms with E-state index >= 15 is 0 Å². The lowest BCUT2D eigenvalue weighted by molar-refractivity contribution is 0.0498. The smallest absolute Gasteiger partial charge is 0.122 e. The Labute approximate surface area is 160 Å². The highest BCUT2D eigenvalue weighted by molar-refractivity contribution is 7.09. The maximum Gasteiger partial charge on any atom is 0.122 e. The van der Waals surface area contributed by atoms with Gasteiger partial charge in [0, 0.05) is 50.4 Å². The number of nitrogens with zero attached hydrogens (tertiary/aromatic N) is 3. The van der Waals surface area contributed by atoms with Crippen LogP contribution in [0.2, 0.25) is 0 Å². The highest BCUT2D eigenvalue weighted by Gasteiger charge is 2.27. The van der Waals surface area contributed by atoms with Crippen LogP contribution in [-0.2, 0) is 13.1 Å². The van der Waals surface area contributed by atoms with Crippen LogP contribution in [0, 0.1) is 13.8 Å². The minimum atomic E-state index is 0.229. The van der Waals surface area contributed by atoms with Crippen LogP contribution in [0.3, 0.4) is 0 Å². The molecule has 1 aromatic carbocycles. The Morgan fingerprint density at radius 1 is 1.23 bits per heavy atom. The second-order valence-corrected chi connectivity index (χ2v) is 7.95. The van der Waals surface area contributed by atoms with Crippen LogP contribution in [0.4, 0.5) is 0 Å². The molecule has 0 amide bonds. The Morgan fingerprint density at radius 3 is 2.77 bits per heavy atom. The predicted molar refractivity (Wildman–Crippen MR) is 106 cm³/mol. The van der Waals surface area contributed by atoms with Gasteiger partial charge >= 0.3 is 0 Å².